The second kappa shape index (κ2) is 5.57. The first-order valence-electron chi connectivity index (χ1n) is 2.29. The molecule has 0 radical (unpaired) electrons. The summed E-state index contributed by atoms with van der Waals surface area (Å²) in [5, 5.41) is 7.93. The Morgan fingerprint density at radius 2 is 2.44 bits per heavy atom. The summed E-state index contributed by atoms with van der Waals surface area (Å²) in [5.74, 6) is -0.494. The maximum absolute atomic E-state index is 10.2. The van der Waals surface area contributed by atoms with Gasteiger partial charge in [-0.3, -0.25) is 0 Å². The van der Waals surface area contributed by atoms with Crippen LogP contribution in [0.15, 0.2) is 0 Å². The van der Waals surface area contributed by atoms with E-state index in [2.05, 4.69) is 5.63 Å². The first kappa shape index (κ1) is 8.44. The van der Waals surface area contributed by atoms with E-state index in [1.54, 1.807) is 0 Å². The summed E-state index contributed by atoms with van der Waals surface area (Å²) >= 11 is 0. The number of carbonyl (C=O) groups is 1. The van der Waals surface area contributed by atoms with Crippen LogP contribution in [0.4, 0.5) is 0 Å². The van der Waals surface area contributed by atoms with Crippen molar-refractivity contribution in [1.29, 1.82) is 0 Å². The molecule has 0 aliphatic heterocycles. The predicted molar refractivity (Wildman–Crippen MR) is 30.7 cm³/mol. The van der Waals surface area contributed by atoms with E-state index in [9.17, 15) is 9.36 Å². The summed E-state index contributed by atoms with van der Waals surface area (Å²) in [6, 6.07) is 0. The van der Waals surface area contributed by atoms with E-state index in [0.717, 1.165) is 0 Å². The normalized spacial score (nSPS) is 7.67. The minimum atomic E-state index is -0.494. The summed E-state index contributed by atoms with van der Waals surface area (Å²) in [6.45, 7) is 0. The van der Waals surface area contributed by atoms with Crippen molar-refractivity contribution in [2.75, 3.05) is 0 Å². The second-order valence-corrected chi connectivity index (χ2v) is 1.78. The van der Waals surface area contributed by atoms with Crippen LogP contribution in [0.25, 0.3) is 0 Å². The van der Waals surface area contributed by atoms with Gasteiger partial charge in [-0.2, -0.15) is 0 Å². The second-order valence-electron chi connectivity index (χ2n) is 1.28. The third kappa shape index (κ3) is 5.31. The Morgan fingerprint density at radius 1 is 1.78 bits per heavy atom. The fourth-order valence-corrected chi connectivity index (χ4v) is 0.474. The Labute approximate surface area is 53.3 Å². The molecular formula is C4H6NO3P. The molecule has 2 N–H and O–H groups in total. The van der Waals surface area contributed by atoms with Crippen LogP contribution >= 0.6 is 7.92 Å². The molecule has 1 amide bonds. The molecule has 0 saturated carbocycles. The van der Waals surface area contributed by atoms with Gasteiger partial charge in [-0.05, 0) is 0 Å². The molecule has 0 aromatic heterocycles. The van der Waals surface area contributed by atoms with E-state index in [1.807, 2.05) is 0 Å². The van der Waals surface area contributed by atoms with E-state index in [-0.39, 0.29) is 20.8 Å². The molecule has 0 bridgehead atoms. The first-order chi connectivity index (χ1) is 4.31. The number of rotatable bonds is 2. The standard InChI is InChI=1S/C4H6NO3P/c6-4(5-7)2-1-3-9-8/h7H,1-2H2,(H,5,6). The number of hydrogen-bond donors (Lipinski definition) is 2. The Balaban J connectivity index is 3.35. The third-order valence-corrected chi connectivity index (χ3v) is 1.01. The molecule has 0 heterocycles. The summed E-state index contributed by atoms with van der Waals surface area (Å²) in [7, 11) is -0.205. The van der Waals surface area contributed by atoms with Gasteiger partial charge in [-0.1, -0.05) is 0 Å². The molecule has 9 heavy (non-hydrogen) atoms. The van der Waals surface area contributed by atoms with Crippen molar-refractivity contribution in [2.45, 2.75) is 12.8 Å². The van der Waals surface area contributed by atoms with E-state index in [0.29, 0.717) is 0 Å². The van der Waals surface area contributed by atoms with Gasteiger partial charge in [0, 0.05) is 0 Å². The van der Waals surface area contributed by atoms with Crippen molar-refractivity contribution >= 4 is 13.8 Å². The molecule has 0 aliphatic rings. The number of hydrogen-bond acceptors (Lipinski definition) is 3. The van der Waals surface area contributed by atoms with Crippen LogP contribution in [0.2, 0.25) is 0 Å². The van der Waals surface area contributed by atoms with Crippen LogP contribution in [-0.2, 0) is 9.36 Å². The van der Waals surface area contributed by atoms with Crippen LogP contribution in [0.5, 0.6) is 0 Å². The van der Waals surface area contributed by atoms with Crippen molar-refractivity contribution in [1.82, 2.24) is 5.48 Å². The van der Waals surface area contributed by atoms with Crippen LogP contribution in [0.1, 0.15) is 12.8 Å². The fourth-order valence-electron chi connectivity index (χ4n) is 0.271. The van der Waals surface area contributed by atoms with Gasteiger partial charge < -0.3 is 0 Å². The molecular weight excluding hydrogens is 141 g/mol. The SMILES string of the molecule is O=P#CCCC(=O)NO. The van der Waals surface area contributed by atoms with E-state index in [4.69, 9.17) is 5.21 Å². The summed E-state index contributed by atoms with van der Waals surface area (Å²) in [5.41, 5.74) is 3.80. The first-order valence-corrected chi connectivity index (χ1v) is 3.10. The van der Waals surface area contributed by atoms with Crippen molar-refractivity contribution in [3.05, 3.63) is 0 Å². The molecule has 0 aromatic carbocycles. The van der Waals surface area contributed by atoms with E-state index >= 15 is 0 Å². The predicted octanol–water partition coefficient (Wildman–Crippen LogP) is 0.523. The van der Waals surface area contributed by atoms with Gasteiger partial charge >= 0.3 is 52.3 Å². The van der Waals surface area contributed by atoms with Gasteiger partial charge in [0.15, 0.2) is 0 Å². The van der Waals surface area contributed by atoms with Gasteiger partial charge in [0.05, 0.1) is 0 Å². The Kier molecular flexibility index (Phi) is 5.23. The number of amides is 1. The van der Waals surface area contributed by atoms with Gasteiger partial charge in [0.2, 0.25) is 0 Å². The number of nitrogens with one attached hydrogen (secondary N) is 1. The molecule has 0 aromatic rings. The van der Waals surface area contributed by atoms with E-state index < -0.39 is 5.91 Å². The average Bonchev–Trinajstić information content (AvgIpc) is 1.89. The minimum absolute atomic E-state index is 0.117. The summed E-state index contributed by atoms with van der Waals surface area (Å²) in [4.78, 5) is 10.2. The molecule has 0 aliphatic carbocycles. The molecule has 0 saturated heterocycles. The van der Waals surface area contributed by atoms with Crippen LogP contribution in [0.3, 0.4) is 0 Å². The van der Waals surface area contributed by atoms with Gasteiger partial charge in [-0.25, -0.2) is 0 Å². The quantitative estimate of drug-likeness (QED) is 0.340. The molecule has 0 spiro atoms. The summed E-state index contributed by atoms with van der Waals surface area (Å²) < 4.78 is 9.67. The Hall–Kier alpha value is -0.560. The average molecular weight is 147 g/mol. The zero-order valence-electron chi connectivity index (χ0n) is 4.63. The van der Waals surface area contributed by atoms with Gasteiger partial charge in [0.1, 0.15) is 0 Å². The molecule has 50 valence electrons. The van der Waals surface area contributed by atoms with Gasteiger partial charge in [0.25, 0.3) is 0 Å². The topological polar surface area (TPSA) is 66.4 Å². The molecule has 5 heteroatoms. The van der Waals surface area contributed by atoms with Crippen LogP contribution < -0.4 is 5.48 Å². The zero-order chi connectivity index (χ0) is 7.11. The fraction of sp³-hybridized carbons (Fsp3) is 0.500. The van der Waals surface area contributed by atoms with Crippen molar-refractivity contribution in [3.8, 4) is 5.63 Å². The van der Waals surface area contributed by atoms with E-state index in [1.165, 1.54) is 5.48 Å². The molecule has 0 rings (SSSR count). The zero-order valence-corrected chi connectivity index (χ0v) is 5.52. The maximum atomic E-state index is 10.2. The van der Waals surface area contributed by atoms with Crippen LogP contribution in [0, 0.1) is 5.63 Å². The Bertz CT molecular complexity index is 183. The van der Waals surface area contributed by atoms with Crippen LogP contribution in [-0.4, -0.2) is 11.1 Å². The molecule has 0 unspecified atom stereocenters. The number of hydroxylamine groups is 1. The Morgan fingerprint density at radius 3 is 2.89 bits per heavy atom. The molecule has 0 atom stereocenters. The van der Waals surface area contributed by atoms with Crippen molar-refractivity contribution in [3.63, 3.8) is 0 Å². The molecule has 4 nitrogen and oxygen atoms in total. The number of carbonyl (C=O) groups excluding carboxylic acids is 1. The van der Waals surface area contributed by atoms with Crippen molar-refractivity contribution < 1.29 is 14.6 Å². The monoisotopic (exact) mass is 147 g/mol. The van der Waals surface area contributed by atoms with Crippen molar-refractivity contribution in [2.24, 2.45) is 0 Å². The third-order valence-electron chi connectivity index (χ3n) is 0.653. The molecule has 0 fully saturated rings. The van der Waals surface area contributed by atoms with Gasteiger partial charge in [-0.15, -0.1) is 0 Å². The summed E-state index contributed by atoms with van der Waals surface area (Å²) in [6.07, 6.45) is 0.406.